The minimum absolute atomic E-state index is 0. The fourth-order valence-corrected chi connectivity index (χ4v) is 0.598. The third kappa shape index (κ3) is 16.6. The molecule has 0 radical (unpaired) electrons. The van der Waals surface area contributed by atoms with Crippen LogP contribution in [0.3, 0.4) is 0 Å². The number of hydrogen-bond donors (Lipinski definition) is 2. The first-order valence-electron chi connectivity index (χ1n) is 3.19. The Hall–Kier alpha value is 0.135. The van der Waals surface area contributed by atoms with Gasteiger partial charge in [0, 0.05) is 12.8 Å². The third-order valence-corrected chi connectivity index (χ3v) is 1.10. The largest absolute Gasteiger partial charge is 1.00 e. The molecule has 0 atom stereocenters. The number of rotatable bonds is 5. The van der Waals surface area contributed by atoms with Gasteiger partial charge in [-0.15, -0.1) is 0 Å². The maximum absolute atomic E-state index is 10.2. The van der Waals surface area contributed by atoms with Crippen LogP contribution in [0.15, 0.2) is 0 Å². The van der Waals surface area contributed by atoms with Crippen LogP contribution in [-0.4, -0.2) is 11.8 Å². The number of nitrogens with two attached hydrogens (primary N) is 2. The summed E-state index contributed by atoms with van der Waals surface area (Å²) in [4.78, 5) is 20.3. The van der Waals surface area contributed by atoms with Gasteiger partial charge in [-0.3, -0.25) is 9.59 Å². The SMILES string of the molecule is NC(=O)CCCCC(N)=O.[H-].[H-].[Li+].[Li+]. The molecule has 0 aliphatic carbocycles. The Morgan fingerprint density at radius 1 is 0.917 bits per heavy atom. The van der Waals surface area contributed by atoms with Gasteiger partial charge in [-0.2, -0.15) is 0 Å². The molecule has 0 saturated carbocycles. The van der Waals surface area contributed by atoms with Crippen molar-refractivity contribution in [2.24, 2.45) is 11.5 Å². The molecular formula is C6H14Li2N2O2. The molecule has 0 aromatic carbocycles. The first kappa shape index (κ1) is 18.0. The van der Waals surface area contributed by atoms with Crippen LogP contribution in [0.1, 0.15) is 28.5 Å². The number of unbranched alkanes of at least 4 members (excludes halogenated alkanes) is 1. The molecule has 0 aliphatic heterocycles. The monoisotopic (exact) mass is 160 g/mol. The molecule has 0 fully saturated rings. The van der Waals surface area contributed by atoms with E-state index in [1.807, 2.05) is 0 Å². The van der Waals surface area contributed by atoms with E-state index in [1.54, 1.807) is 0 Å². The molecular weight excluding hydrogens is 146 g/mol. The van der Waals surface area contributed by atoms with Crippen LogP contribution in [-0.2, 0) is 9.59 Å². The van der Waals surface area contributed by atoms with Crippen LogP contribution in [0.4, 0.5) is 0 Å². The first-order valence-corrected chi connectivity index (χ1v) is 3.19. The van der Waals surface area contributed by atoms with Gasteiger partial charge in [0.1, 0.15) is 0 Å². The average molecular weight is 160 g/mol. The van der Waals surface area contributed by atoms with Gasteiger partial charge < -0.3 is 14.3 Å². The van der Waals surface area contributed by atoms with Crippen LogP contribution in [0, 0.1) is 0 Å². The number of carbonyl (C=O) groups excluding carboxylic acids is 2. The molecule has 4 N–H and O–H groups in total. The second-order valence-electron chi connectivity index (χ2n) is 2.14. The van der Waals surface area contributed by atoms with E-state index >= 15 is 0 Å². The summed E-state index contributed by atoms with van der Waals surface area (Å²) in [6, 6.07) is 0. The fourth-order valence-electron chi connectivity index (χ4n) is 0.598. The molecule has 62 valence electrons. The van der Waals surface area contributed by atoms with Crippen LogP contribution in [0.2, 0.25) is 0 Å². The van der Waals surface area contributed by atoms with Gasteiger partial charge in [-0.05, 0) is 12.8 Å². The third-order valence-electron chi connectivity index (χ3n) is 1.10. The maximum Gasteiger partial charge on any atom is 1.00 e. The summed E-state index contributed by atoms with van der Waals surface area (Å²) in [6.45, 7) is 0. The van der Waals surface area contributed by atoms with Gasteiger partial charge in [0.2, 0.25) is 11.8 Å². The van der Waals surface area contributed by atoms with E-state index < -0.39 is 0 Å². The summed E-state index contributed by atoms with van der Waals surface area (Å²) in [5, 5.41) is 0. The van der Waals surface area contributed by atoms with Crippen LogP contribution < -0.4 is 49.2 Å². The van der Waals surface area contributed by atoms with Crippen molar-refractivity contribution >= 4 is 11.8 Å². The molecule has 0 spiro atoms. The van der Waals surface area contributed by atoms with E-state index in [0.29, 0.717) is 25.7 Å². The molecule has 0 aromatic rings. The Kier molecular flexibility index (Phi) is 16.7. The van der Waals surface area contributed by atoms with Crippen molar-refractivity contribution < 1.29 is 50.2 Å². The normalized spacial score (nSPS) is 7.67. The van der Waals surface area contributed by atoms with Crippen LogP contribution >= 0.6 is 0 Å². The Bertz CT molecular complexity index is 134. The second kappa shape index (κ2) is 11.1. The van der Waals surface area contributed by atoms with Crippen molar-refractivity contribution in [3.63, 3.8) is 0 Å². The van der Waals surface area contributed by atoms with Crippen molar-refractivity contribution in [1.82, 2.24) is 0 Å². The van der Waals surface area contributed by atoms with Crippen molar-refractivity contribution in [1.29, 1.82) is 0 Å². The first-order chi connectivity index (χ1) is 4.63. The average Bonchev–Trinajstić information content (AvgIpc) is 1.79. The summed E-state index contributed by atoms with van der Waals surface area (Å²) in [7, 11) is 0. The van der Waals surface area contributed by atoms with Crippen molar-refractivity contribution in [3.05, 3.63) is 0 Å². The second-order valence-corrected chi connectivity index (χ2v) is 2.14. The van der Waals surface area contributed by atoms with Gasteiger partial charge >= 0.3 is 37.7 Å². The summed E-state index contributed by atoms with van der Waals surface area (Å²) in [5.74, 6) is -0.658. The fraction of sp³-hybridized carbons (Fsp3) is 0.667. The Balaban J connectivity index is -0.0000000675. The molecule has 0 rings (SSSR count). The number of carbonyl (C=O) groups is 2. The summed E-state index contributed by atoms with van der Waals surface area (Å²) >= 11 is 0. The maximum atomic E-state index is 10.2. The van der Waals surface area contributed by atoms with Gasteiger partial charge in [0.05, 0.1) is 0 Å². The molecule has 2 amide bonds. The molecule has 0 heterocycles. The Morgan fingerprint density at radius 2 is 1.17 bits per heavy atom. The van der Waals surface area contributed by atoms with Crippen molar-refractivity contribution in [2.75, 3.05) is 0 Å². The Morgan fingerprint density at radius 3 is 1.33 bits per heavy atom. The van der Waals surface area contributed by atoms with Crippen LogP contribution in [0.25, 0.3) is 0 Å². The van der Waals surface area contributed by atoms with E-state index in [9.17, 15) is 9.59 Å². The predicted octanol–water partition coefficient (Wildman–Crippen LogP) is -6.25. The van der Waals surface area contributed by atoms with Gasteiger partial charge in [-0.25, -0.2) is 0 Å². The minimum atomic E-state index is -0.329. The standard InChI is InChI=1S/C6H12N2O2.2Li.2H/c7-5(9)3-1-2-4-6(8)10;;;;/h1-4H2,(H2,7,9)(H2,8,10);;;;/q;2*+1;2*-1. The summed E-state index contributed by atoms with van der Waals surface area (Å²) in [5.41, 5.74) is 9.71. The molecule has 12 heavy (non-hydrogen) atoms. The molecule has 0 aromatic heterocycles. The van der Waals surface area contributed by atoms with Gasteiger partial charge in [-0.1, -0.05) is 0 Å². The number of amides is 2. The van der Waals surface area contributed by atoms with E-state index in [-0.39, 0.29) is 52.4 Å². The number of hydrogen-bond acceptors (Lipinski definition) is 2. The van der Waals surface area contributed by atoms with E-state index in [1.165, 1.54) is 0 Å². The molecule has 4 nitrogen and oxygen atoms in total. The molecule has 0 saturated heterocycles. The molecule has 0 bridgehead atoms. The smallest absolute Gasteiger partial charge is 1.00 e. The Labute approximate surface area is 99.1 Å². The minimum Gasteiger partial charge on any atom is -1.00 e. The zero-order valence-corrected chi connectivity index (χ0v) is 7.80. The van der Waals surface area contributed by atoms with Crippen LogP contribution in [0.5, 0.6) is 0 Å². The quantitative estimate of drug-likeness (QED) is 0.309. The van der Waals surface area contributed by atoms with E-state index in [0.717, 1.165) is 0 Å². The van der Waals surface area contributed by atoms with Crippen molar-refractivity contribution in [2.45, 2.75) is 25.7 Å². The van der Waals surface area contributed by atoms with Gasteiger partial charge in [0.15, 0.2) is 0 Å². The zero-order chi connectivity index (χ0) is 7.98. The molecule has 0 aliphatic rings. The van der Waals surface area contributed by atoms with E-state index in [2.05, 4.69) is 0 Å². The number of primary amides is 2. The zero-order valence-electron chi connectivity index (χ0n) is 9.80. The van der Waals surface area contributed by atoms with E-state index in [4.69, 9.17) is 11.5 Å². The molecule has 0 unspecified atom stereocenters. The predicted molar refractivity (Wildman–Crippen MR) is 39.1 cm³/mol. The van der Waals surface area contributed by atoms with Crippen molar-refractivity contribution in [3.8, 4) is 0 Å². The summed E-state index contributed by atoms with van der Waals surface area (Å²) < 4.78 is 0. The summed E-state index contributed by atoms with van der Waals surface area (Å²) in [6.07, 6.45) is 1.98. The topological polar surface area (TPSA) is 86.2 Å². The van der Waals surface area contributed by atoms with Gasteiger partial charge in [0.25, 0.3) is 0 Å². The molecule has 6 heteroatoms.